The molecule has 1 unspecified atom stereocenters. The van der Waals surface area contributed by atoms with Gasteiger partial charge in [0.2, 0.25) is 6.41 Å². The van der Waals surface area contributed by atoms with E-state index >= 15 is 0 Å². The molecule has 0 aliphatic carbocycles. The molecule has 2 nitrogen and oxygen atoms in total. The minimum absolute atomic E-state index is 0.231. The molecule has 1 atom stereocenters. The van der Waals surface area contributed by atoms with Gasteiger partial charge in [-0.15, -0.1) is 0 Å². The Hall–Kier alpha value is -1.64. The average molecular weight is 261 g/mol. The van der Waals surface area contributed by atoms with Crippen molar-refractivity contribution in [1.82, 2.24) is 4.90 Å². The van der Waals surface area contributed by atoms with Gasteiger partial charge in [0.25, 0.3) is 0 Å². The van der Waals surface area contributed by atoms with E-state index in [1.807, 2.05) is 17.0 Å². The smallest absolute Gasteiger partial charge is 0.209 e. The van der Waals surface area contributed by atoms with Gasteiger partial charge in [0.05, 0.1) is 0 Å². The summed E-state index contributed by atoms with van der Waals surface area (Å²) in [4.78, 5) is 12.9. The van der Waals surface area contributed by atoms with Crippen LogP contribution in [0.2, 0.25) is 0 Å². The van der Waals surface area contributed by atoms with E-state index < -0.39 is 0 Å². The normalized spacial score (nSPS) is 19.2. The summed E-state index contributed by atoms with van der Waals surface area (Å²) < 4.78 is 13.4. The van der Waals surface area contributed by atoms with Gasteiger partial charge in [0, 0.05) is 18.2 Å². The topological polar surface area (TPSA) is 20.3 Å². The molecule has 0 radical (unpaired) electrons. The van der Waals surface area contributed by atoms with Gasteiger partial charge in [-0.2, -0.15) is 0 Å². The molecule has 1 aliphatic rings. The van der Waals surface area contributed by atoms with Gasteiger partial charge in [-0.1, -0.05) is 18.7 Å². The number of aryl methyl sites for hydroxylation is 1. The van der Waals surface area contributed by atoms with Crippen LogP contribution in [-0.2, 0) is 11.2 Å². The fourth-order valence-corrected chi connectivity index (χ4v) is 2.71. The van der Waals surface area contributed by atoms with Crippen LogP contribution in [0.4, 0.5) is 4.39 Å². The first-order valence-electron chi connectivity index (χ1n) is 6.86. The number of piperidine rings is 1. The van der Waals surface area contributed by atoms with Crippen LogP contribution < -0.4 is 0 Å². The number of amides is 1. The van der Waals surface area contributed by atoms with Crippen LogP contribution >= 0.6 is 0 Å². The van der Waals surface area contributed by atoms with E-state index in [-0.39, 0.29) is 5.82 Å². The quantitative estimate of drug-likeness (QED) is 0.744. The first-order chi connectivity index (χ1) is 9.24. The van der Waals surface area contributed by atoms with Gasteiger partial charge in [-0.3, -0.25) is 4.79 Å². The van der Waals surface area contributed by atoms with Crippen molar-refractivity contribution in [2.45, 2.75) is 38.1 Å². The molecule has 0 saturated carbocycles. The summed E-state index contributed by atoms with van der Waals surface area (Å²) in [6.07, 6.45) is 7.69. The monoisotopic (exact) mass is 261 g/mol. The van der Waals surface area contributed by atoms with Crippen LogP contribution in [0.3, 0.4) is 0 Å². The van der Waals surface area contributed by atoms with Crippen LogP contribution in [0, 0.1) is 5.82 Å². The van der Waals surface area contributed by atoms with E-state index in [1.54, 1.807) is 0 Å². The minimum atomic E-state index is -0.231. The predicted molar refractivity (Wildman–Crippen MR) is 75.2 cm³/mol. The Morgan fingerprint density at radius 2 is 2.26 bits per heavy atom. The second kappa shape index (κ2) is 6.50. The summed E-state index contributed by atoms with van der Waals surface area (Å²) in [5.74, 6) is -0.231. The van der Waals surface area contributed by atoms with Crippen LogP contribution in [0.5, 0.6) is 0 Å². The van der Waals surface area contributed by atoms with Gasteiger partial charge in [-0.05, 0) is 49.8 Å². The van der Waals surface area contributed by atoms with E-state index in [9.17, 15) is 9.18 Å². The summed E-state index contributed by atoms with van der Waals surface area (Å²) in [5.41, 5.74) is 1.65. The van der Waals surface area contributed by atoms with Crippen molar-refractivity contribution in [3.63, 3.8) is 0 Å². The van der Waals surface area contributed by atoms with Crippen molar-refractivity contribution < 1.29 is 9.18 Å². The Morgan fingerprint density at radius 3 is 3.00 bits per heavy atom. The van der Waals surface area contributed by atoms with Crippen LogP contribution in [-0.4, -0.2) is 23.9 Å². The van der Waals surface area contributed by atoms with Gasteiger partial charge in [0.15, 0.2) is 0 Å². The number of nitrogens with zero attached hydrogens (tertiary/aromatic N) is 1. The lowest BCUT2D eigenvalue weighted by molar-refractivity contribution is -0.121. The Labute approximate surface area is 113 Å². The maximum atomic E-state index is 13.4. The van der Waals surface area contributed by atoms with E-state index in [1.165, 1.54) is 18.6 Å². The highest BCUT2D eigenvalue weighted by Crippen LogP contribution is 2.21. The Bertz CT molecular complexity index is 458. The lowest BCUT2D eigenvalue weighted by Gasteiger charge is -2.32. The zero-order valence-electron chi connectivity index (χ0n) is 11.1. The Morgan fingerprint density at radius 1 is 1.42 bits per heavy atom. The number of hydrogen-bond donors (Lipinski definition) is 0. The zero-order chi connectivity index (χ0) is 13.7. The Kier molecular flexibility index (Phi) is 4.72. The number of hydrogen-bond acceptors (Lipinski definition) is 1. The third kappa shape index (κ3) is 3.43. The molecule has 0 N–H and O–H groups in total. The summed E-state index contributed by atoms with van der Waals surface area (Å²) in [7, 11) is 0. The fourth-order valence-electron chi connectivity index (χ4n) is 2.71. The number of benzene rings is 1. The molecule has 1 aliphatic heterocycles. The van der Waals surface area contributed by atoms with E-state index in [0.717, 1.165) is 44.2 Å². The van der Waals surface area contributed by atoms with Crippen molar-refractivity contribution in [3.05, 3.63) is 41.7 Å². The maximum Gasteiger partial charge on any atom is 0.209 e. The maximum absolute atomic E-state index is 13.4. The molecular weight excluding hydrogens is 241 g/mol. The molecule has 1 amide bonds. The average Bonchev–Trinajstić information content (AvgIpc) is 2.46. The van der Waals surface area contributed by atoms with Crippen molar-refractivity contribution in [3.8, 4) is 0 Å². The SMILES string of the molecule is C=Cc1cc(CCC2CCCCN2C=O)ccc1F. The molecule has 1 aromatic carbocycles. The molecular formula is C16H20FNO. The lowest BCUT2D eigenvalue weighted by Crippen LogP contribution is -2.38. The van der Waals surface area contributed by atoms with E-state index in [0.29, 0.717) is 11.6 Å². The van der Waals surface area contributed by atoms with Gasteiger partial charge >= 0.3 is 0 Å². The molecule has 0 spiro atoms. The van der Waals surface area contributed by atoms with Crippen molar-refractivity contribution in [1.29, 1.82) is 0 Å². The number of rotatable bonds is 5. The van der Waals surface area contributed by atoms with Crippen molar-refractivity contribution in [2.24, 2.45) is 0 Å². The summed E-state index contributed by atoms with van der Waals surface area (Å²) >= 11 is 0. The van der Waals surface area contributed by atoms with Crippen LogP contribution in [0.15, 0.2) is 24.8 Å². The molecule has 1 aromatic rings. The van der Waals surface area contributed by atoms with E-state index in [2.05, 4.69) is 6.58 Å². The van der Waals surface area contributed by atoms with E-state index in [4.69, 9.17) is 0 Å². The predicted octanol–water partition coefficient (Wildman–Crippen LogP) is 3.41. The van der Waals surface area contributed by atoms with Crippen molar-refractivity contribution in [2.75, 3.05) is 6.54 Å². The number of likely N-dealkylation sites (tertiary alicyclic amines) is 1. The molecule has 2 rings (SSSR count). The third-order valence-corrected chi connectivity index (χ3v) is 3.85. The molecule has 0 bridgehead atoms. The molecule has 1 fully saturated rings. The number of halogens is 1. The molecule has 1 heterocycles. The molecule has 102 valence electrons. The summed E-state index contributed by atoms with van der Waals surface area (Å²) in [5, 5.41) is 0. The van der Waals surface area contributed by atoms with Gasteiger partial charge < -0.3 is 4.90 Å². The Balaban J connectivity index is 1.97. The van der Waals surface area contributed by atoms with Gasteiger partial charge in [0.1, 0.15) is 5.82 Å². The van der Waals surface area contributed by atoms with Crippen LogP contribution in [0.25, 0.3) is 6.08 Å². The highest BCUT2D eigenvalue weighted by atomic mass is 19.1. The van der Waals surface area contributed by atoms with Gasteiger partial charge in [-0.25, -0.2) is 4.39 Å². The first-order valence-corrected chi connectivity index (χ1v) is 6.86. The summed E-state index contributed by atoms with van der Waals surface area (Å²) in [6.45, 7) is 4.48. The third-order valence-electron chi connectivity index (χ3n) is 3.85. The minimum Gasteiger partial charge on any atom is -0.342 e. The number of carbonyl (C=O) groups is 1. The molecule has 19 heavy (non-hydrogen) atoms. The molecule has 1 saturated heterocycles. The fraction of sp³-hybridized carbons (Fsp3) is 0.438. The summed E-state index contributed by atoms with van der Waals surface area (Å²) in [6, 6.07) is 5.49. The largest absolute Gasteiger partial charge is 0.342 e. The molecule has 0 aromatic heterocycles. The second-order valence-electron chi connectivity index (χ2n) is 5.09. The zero-order valence-corrected chi connectivity index (χ0v) is 11.1. The standard InChI is InChI=1S/C16H20FNO/c1-2-14-11-13(7-9-16(14)17)6-8-15-5-3-4-10-18(15)12-19/h2,7,9,11-12,15H,1,3-6,8,10H2. The highest BCUT2D eigenvalue weighted by Gasteiger charge is 2.20. The number of carbonyl (C=O) groups excluding carboxylic acids is 1. The highest BCUT2D eigenvalue weighted by molar-refractivity contribution is 5.49. The first kappa shape index (κ1) is 13.8. The van der Waals surface area contributed by atoms with Crippen molar-refractivity contribution >= 4 is 12.5 Å². The van der Waals surface area contributed by atoms with Crippen LogP contribution in [0.1, 0.15) is 36.8 Å². The lowest BCUT2D eigenvalue weighted by atomic mass is 9.96. The molecule has 3 heteroatoms. The second-order valence-corrected chi connectivity index (χ2v) is 5.09.